The second-order valence-corrected chi connectivity index (χ2v) is 7.75. The zero-order valence-corrected chi connectivity index (χ0v) is 17.5. The van der Waals surface area contributed by atoms with Crippen molar-refractivity contribution in [2.75, 3.05) is 4.90 Å². The van der Waals surface area contributed by atoms with Gasteiger partial charge in [-0.25, -0.2) is 9.69 Å². The van der Waals surface area contributed by atoms with E-state index in [2.05, 4.69) is 27.9 Å². The highest BCUT2D eigenvalue weighted by molar-refractivity contribution is 14.1. The first kappa shape index (κ1) is 19.1. The molecule has 144 valence electrons. The van der Waals surface area contributed by atoms with Gasteiger partial charge in [0.2, 0.25) is 0 Å². The van der Waals surface area contributed by atoms with Crippen molar-refractivity contribution >= 4 is 52.2 Å². The van der Waals surface area contributed by atoms with Gasteiger partial charge in [-0.2, -0.15) is 0 Å². The second-order valence-electron chi connectivity index (χ2n) is 6.50. The number of anilines is 1. The molecule has 0 unspecified atom stereocenters. The lowest BCUT2D eigenvalue weighted by Gasteiger charge is -2.26. The lowest BCUT2D eigenvalue weighted by atomic mass is 10.1. The van der Waals surface area contributed by atoms with E-state index in [1.807, 2.05) is 31.2 Å². The Bertz CT molecular complexity index is 1140. The van der Waals surface area contributed by atoms with Gasteiger partial charge in [0.05, 0.1) is 5.69 Å². The van der Waals surface area contributed by atoms with E-state index in [0.29, 0.717) is 17.2 Å². The summed E-state index contributed by atoms with van der Waals surface area (Å²) in [6.45, 7) is 1.90. The van der Waals surface area contributed by atoms with E-state index < -0.39 is 17.8 Å². The monoisotopic (exact) mass is 498 g/mol. The van der Waals surface area contributed by atoms with Crippen LogP contribution in [0, 0.1) is 10.5 Å². The molecule has 7 heteroatoms. The molecule has 4 amide bonds. The molecule has 1 aliphatic heterocycles. The first-order valence-electron chi connectivity index (χ1n) is 8.76. The molecule has 6 nitrogen and oxygen atoms in total. The summed E-state index contributed by atoms with van der Waals surface area (Å²) in [4.78, 5) is 38.3. The van der Waals surface area contributed by atoms with Crippen LogP contribution in [0.5, 0.6) is 0 Å². The quantitative estimate of drug-likeness (QED) is 0.327. The van der Waals surface area contributed by atoms with Crippen molar-refractivity contribution < 1.29 is 18.8 Å². The first-order chi connectivity index (χ1) is 13.9. The van der Waals surface area contributed by atoms with Crippen LogP contribution in [0.1, 0.15) is 11.3 Å². The Labute approximate surface area is 180 Å². The average molecular weight is 498 g/mol. The number of aryl methyl sites for hydroxylation is 1. The Balaban J connectivity index is 1.66. The molecule has 0 aliphatic carbocycles. The standard InChI is InChI=1S/C22H15IN2O4/c1-13-2-8-16(9-3-13)25-21(27)18(20(26)24-22(25)28)12-17-10-11-19(29-17)14-4-6-15(23)7-5-14/h2-12H,1H3,(H,24,26,28)/b18-12+. The number of rotatable bonds is 3. The summed E-state index contributed by atoms with van der Waals surface area (Å²) in [5.74, 6) is -0.496. The largest absolute Gasteiger partial charge is 0.457 e. The smallest absolute Gasteiger partial charge is 0.335 e. The van der Waals surface area contributed by atoms with E-state index in [4.69, 9.17) is 4.42 Å². The fourth-order valence-corrected chi connectivity index (χ4v) is 3.29. The van der Waals surface area contributed by atoms with Gasteiger partial charge in [-0.15, -0.1) is 0 Å². The van der Waals surface area contributed by atoms with E-state index in [0.717, 1.165) is 19.6 Å². The van der Waals surface area contributed by atoms with Crippen molar-refractivity contribution in [1.82, 2.24) is 5.32 Å². The van der Waals surface area contributed by atoms with Gasteiger partial charge in [0.15, 0.2) is 0 Å². The molecule has 1 fully saturated rings. The van der Waals surface area contributed by atoms with Gasteiger partial charge < -0.3 is 4.42 Å². The molecule has 1 aromatic heterocycles. The van der Waals surface area contributed by atoms with Crippen LogP contribution in [0.2, 0.25) is 0 Å². The maximum absolute atomic E-state index is 12.9. The third-order valence-corrected chi connectivity index (χ3v) is 5.16. The van der Waals surface area contributed by atoms with Crippen molar-refractivity contribution in [2.45, 2.75) is 6.92 Å². The van der Waals surface area contributed by atoms with E-state index in [-0.39, 0.29) is 5.57 Å². The Hall–Kier alpha value is -3.20. The summed E-state index contributed by atoms with van der Waals surface area (Å²) in [7, 11) is 0. The van der Waals surface area contributed by atoms with Crippen LogP contribution >= 0.6 is 22.6 Å². The number of hydrogen-bond acceptors (Lipinski definition) is 4. The van der Waals surface area contributed by atoms with Crippen molar-refractivity contribution in [2.24, 2.45) is 0 Å². The van der Waals surface area contributed by atoms with Gasteiger partial charge in [-0.3, -0.25) is 14.9 Å². The van der Waals surface area contributed by atoms with E-state index in [1.165, 1.54) is 6.08 Å². The highest BCUT2D eigenvalue weighted by Crippen LogP contribution is 2.26. The van der Waals surface area contributed by atoms with Gasteiger partial charge in [0, 0.05) is 9.13 Å². The normalized spacial score (nSPS) is 15.7. The molecular formula is C22H15IN2O4. The van der Waals surface area contributed by atoms with Crippen LogP contribution < -0.4 is 10.2 Å². The summed E-state index contributed by atoms with van der Waals surface area (Å²) in [5, 5.41) is 2.20. The van der Waals surface area contributed by atoms with Crippen molar-refractivity contribution in [3.05, 3.63) is 81.1 Å². The Morgan fingerprint density at radius 1 is 0.931 bits per heavy atom. The maximum atomic E-state index is 12.9. The molecule has 2 heterocycles. The Kier molecular flexibility index (Phi) is 5.06. The van der Waals surface area contributed by atoms with Crippen LogP contribution in [-0.2, 0) is 9.59 Å². The van der Waals surface area contributed by atoms with Gasteiger partial charge in [0.1, 0.15) is 17.1 Å². The SMILES string of the molecule is Cc1ccc(N2C(=O)NC(=O)/C(=C\c3ccc(-c4ccc(I)cc4)o3)C2=O)cc1. The number of benzene rings is 2. The van der Waals surface area contributed by atoms with Crippen molar-refractivity contribution in [3.8, 4) is 11.3 Å². The van der Waals surface area contributed by atoms with Gasteiger partial charge in [-0.1, -0.05) is 29.8 Å². The molecule has 3 aromatic rings. The van der Waals surface area contributed by atoms with Gasteiger partial charge >= 0.3 is 6.03 Å². The summed E-state index contributed by atoms with van der Waals surface area (Å²) in [6, 6.07) is 17.3. The minimum atomic E-state index is -0.778. The van der Waals surface area contributed by atoms with Crippen molar-refractivity contribution in [3.63, 3.8) is 0 Å². The summed E-state index contributed by atoms with van der Waals surface area (Å²) in [5.41, 5.74) is 2.08. The minimum Gasteiger partial charge on any atom is -0.457 e. The summed E-state index contributed by atoms with van der Waals surface area (Å²) in [6.07, 6.45) is 1.35. The number of hydrogen-bond donors (Lipinski definition) is 1. The number of halogens is 1. The minimum absolute atomic E-state index is 0.173. The van der Waals surface area contributed by atoms with Crippen LogP contribution in [0.15, 0.2) is 70.7 Å². The number of furan rings is 1. The number of barbiturate groups is 1. The zero-order valence-electron chi connectivity index (χ0n) is 15.3. The Morgan fingerprint density at radius 2 is 1.62 bits per heavy atom. The van der Waals surface area contributed by atoms with Crippen molar-refractivity contribution in [1.29, 1.82) is 0 Å². The number of urea groups is 1. The second kappa shape index (κ2) is 7.67. The number of nitrogens with zero attached hydrogens (tertiary/aromatic N) is 1. The predicted octanol–water partition coefficient (Wildman–Crippen LogP) is 4.53. The van der Waals surface area contributed by atoms with E-state index >= 15 is 0 Å². The number of imide groups is 2. The van der Waals surface area contributed by atoms with Crippen LogP contribution in [0.25, 0.3) is 17.4 Å². The average Bonchev–Trinajstić information content (AvgIpc) is 3.16. The highest BCUT2D eigenvalue weighted by Gasteiger charge is 2.37. The number of amides is 4. The van der Waals surface area contributed by atoms with Gasteiger partial charge in [0.25, 0.3) is 11.8 Å². The number of carbonyl (C=O) groups excluding carboxylic acids is 3. The molecule has 1 aliphatic rings. The van der Waals surface area contributed by atoms with Crippen LogP contribution in [0.3, 0.4) is 0 Å². The molecule has 0 saturated carbocycles. The molecular weight excluding hydrogens is 483 g/mol. The number of nitrogens with one attached hydrogen (secondary N) is 1. The molecule has 0 atom stereocenters. The summed E-state index contributed by atoms with van der Waals surface area (Å²) < 4.78 is 6.88. The fourth-order valence-electron chi connectivity index (χ4n) is 2.93. The first-order valence-corrected chi connectivity index (χ1v) is 9.84. The zero-order chi connectivity index (χ0) is 20.5. The fraction of sp³-hybridized carbons (Fsp3) is 0.0455. The predicted molar refractivity (Wildman–Crippen MR) is 117 cm³/mol. The lowest BCUT2D eigenvalue weighted by Crippen LogP contribution is -2.54. The van der Waals surface area contributed by atoms with E-state index in [1.54, 1.807) is 36.4 Å². The molecule has 1 N–H and O–H groups in total. The third-order valence-electron chi connectivity index (χ3n) is 4.44. The molecule has 0 radical (unpaired) electrons. The highest BCUT2D eigenvalue weighted by atomic mass is 127. The lowest BCUT2D eigenvalue weighted by molar-refractivity contribution is -0.122. The maximum Gasteiger partial charge on any atom is 0.335 e. The Morgan fingerprint density at radius 3 is 2.31 bits per heavy atom. The van der Waals surface area contributed by atoms with Crippen LogP contribution in [0.4, 0.5) is 10.5 Å². The van der Waals surface area contributed by atoms with Crippen LogP contribution in [-0.4, -0.2) is 17.8 Å². The molecule has 0 bridgehead atoms. The molecule has 0 spiro atoms. The molecule has 1 saturated heterocycles. The van der Waals surface area contributed by atoms with Gasteiger partial charge in [-0.05, 0) is 72.0 Å². The summed E-state index contributed by atoms with van der Waals surface area (Å²) >= 11 is 2.22. The molecule has 29 heavy (non-hydrogen) atoms. The molecule has 4 rings (SSSR count). The molecule has 2 aromatic carbocycles. The topological polar surface area (TPSA) is 79.6 Å². The van der Waals surface area contributed by atoms with E-state index in [9.17, 15) is 14.4 Å². The number of carbonyl (C=O) groups is 3. The third kappa shape index (κ3) is 3.86.